The molecule has 0 spiro atoms. The summed E-state index contributed by atoms with van der Waals surface area (Å²) in [5.74, 6) is 0. The van der Waals surface area contributed by atoms with Gasteiger partial charge in [-0.2, -0.15) is 0 Å². The first-order chi connectivity index (χ1) is 10.7. The van der Waals surface area contributed by atoms with Crippen LogP contribution in [0.5, 0.6) is 0 Å². The van der Waals surface area contributed by atoms with Gasteiger partial charge in [-0.15, -0.1) is 0 Å². The molecule has 3 rings (SSSR count). The van der Waals surface area contributed by atoms with Gasteiger partial charge in [0, 0.05) is 28.6 Å². The summed E-state index contributed by atoms with van der Waals surface area (Å²) in [5, 5.41) is 3.52. The van der Waals surface area contributed by atoms with Crippen LogP contribution >= 0.6 is 11.8 Å². The van der Waals surface area contributed by atoms with Crippen molar-refractivity contribution in [1.29, 1.82) is 0 Å². The predicted octanol–water partition coefficient (Wildman–Crippen LogP) is 4.89. The zero-order chi connectivity index (χ0) is 15.7. The molecular formula is C18H23N3S. The molecule has 0 fully saturated rings. The van der Waals surface area contributed by atoms with Crippen molar-refractivity contribution < 1.29 is 0 Å². The van der Waals surface area contributed by atoms with Crippen LogP contribution in [-0.2, 0) is 6.42 Å². The first-order valence-corrected chi connectivity index (χ1v) is 8.74. The van der Waals surface area contributed by atoms with Crippen LogP contribution in [0.1, 0.15) is 26.3 Å². The standard InChI is InChI=1S/C18H23N3S/c1-4-12-7-10-15-18(17(12)19)20-14-9-8-13(11-16(14)22-15)21(5-2)6-3/h7-11,20H,4-6,19H2,1-3H3. The normalized spacial score (nSPS) is 12.3. The van der Waals surface area contributed by atoms with E-state index in [-0.39, 0.29) is 0 Å². The number of nitrogen functional groups attached to an aromatic ring is 1. The average Bonchev–Trinajstić information content (AvgIpc) is 2.55. The number of nitrogens with one attached hydrogen (secondary N) is 1. The third-order valence-corrected chi connectivity index (χ3v) is 5.37. The van der Waals surface area contributed by atoms with Gasteiger partial charge in [-0.1, -0.05) is 24.8 Å². The van der Waals surface area contributed by atoms with Crippen LogP contribution < -0.4 is 16.0 Å². The Morgan fingerprint density at radius 1 is 1.05 bits per heavy atom. The lowest BCUT2D eigenvalue weighted by atomic mass is 10.1. The molecule has 116 valence electrons. The van der Waals surface area contributed by atoms with Gasteiger partial charge >= 0.3 is 0 Å². The number of aryl methyl sites for hydroxylation is 1. The number of nitrogens with zero attached hydrogens (tertiary/aromatic N) is 1. The molecule has 1 aliphatic heterocycles. The lowest BCUT2D eigenvalue weighted by Crippen LogP contribution is -2.21. The summed E-state index contributed by atoms with van der Waals surface area (Å²) >= 11 is 1.80. The Balaban J connectivity index is 1.98. The maximum absolute atomic E-state index is 6.31. The molecule has 4 heteroatoms. The molecule has 1 heterocycles. The van der Waals surface area contributed by atoms with Gasteiger partial charge in [0.05, 0.1) is 17.1 Å². The van der Waals surface area contributed by atoms with Crippen molar-refractivity contribution in [1.82, 2.24) is 0 Å². The molecule has 0 aromatic heterocycles. The Kier molecular flexibility index (Phi) is 4.21. The van der Waals surface area contributed by atoms with E-state index in [1.165, 1.54) is 21.0 Å². The number of anilines is 4. The van der Waals surface area contributed by atoms with Gasteiger partial charge in [0.1, 0.15) is 0 Å². The molecule has 0 saturated carbocycles. The molecule has 0 bridgehead atoms. The van der Waals surface area contributed by atoms with Crippen molar-refractivity contribution in [2.24, 2.45) is 0 Å². The van der Waals surface area contributed by atoms with Gasteiger partial charge in [0.2, 0.25) is 0 Å². The molecule has 3 nitrogen and oxygen atoms in total. The van der Waals surface area contributed by atoms with E-state index in [4.69, 9.17) is 5.73 Å². The maximum Gasteiger partial charge on any atom is 0.0762 e. The Hall–Kier alpha value is -1.81. The second-order valence-electron chi connectivity index (χ2n) is 5.44. The summed E-state index contributed by atoms with van der Waals surface area (Å²) in [6.45, 7) is 8.57. The SMILES string of the molecule is CCc1ccc2c(c1N)Nc1ccc(N(CC)CC)cc1S2. The average molecular weight is 313 g/mol. The van der Waals surface area contributed by atoms with Gasteiger partial charge in [-0.05, 0) is 50.1 Å². The van der Waals surface area contributed by atoms with Crippen molar-refractivity contribution in [2.75, 3.05) is 29.0 Å². The highest BCUT2D eigenvalue weighted by Gasteiger charge is 2.20. The van der Waals surface area contributed by atoms with Crippen molar-refractivity contribution in [2.45, 2.75) is 37.0 Å². The molecule has 1 aliphatic rings. The second-order valence-corrected chi connectivity index (χ2v) is 6.53. The van der Waals surface area contributed by atoms with Crippen molar-refractivity contribution in [3.8, 4) is 0 Å². The summed E-state index contributed by atoms with van der Waals surface area (Å²) in [5.41, 5.74) is 11.9. The Morgan fingerprint density at radius 3 is 2.50 bits per heavy atom. The fourth-order valence-electron chi connectivity index (χ4n) is 2.90. The van der Waals surface area contributed by atoms with Crippen LogP contribution in [0.2, 0.25) is 0 Å². The van der Waals surface area contributed by atoms with Crippen LogP contribution in [0.3, 0.4) is 0 Å². The topological polar surface area (TPSA) is 41.3 Å². The molecule has 0 atom stereocenters. The quantitative estimate of drug-likeness (QED) is 0.673. The number of nitrogens with two attached hydrogens (primary N) is 1. The molecule has 0 radical (unpaired) electrons. The monoisotopic (exact) mass is 313 g/mol. The molecular weight excluding hydrogens is 290 g/mol. The van der Waals surface area contributed by atoms with E-state index < -0.39 is 0 Å². The van der Waals surface area contributed by atoms with Crippen LogP contribution in [-0.4, -0.2) is 13.1 Å². The number of fused-ring (bicyclic) bond motifs is 2. The van der Waals surface area contributed by atoms with E-state index in [0.717, 1.165) is 36.6 Å². The Labute approximate surface area is 136 Å². The number of benzene rings is 2. The highest BCUT2D eigenvalue weighted by molar-refractivity contribution is 7.99. The molecule has 0 aliphatic carbocycles. The minimum absolute atomic E-state index is 0.881. The van der Waals surface area contributed by atoms with E-state index in [9.17, 15) is 0 Å². The van der Waals surface area contributed by atoms with E-state index >= 15 is 0 Å². The lowest BCUT2D eigenvalue weighted by molar-refractivity contribution is 0.864. The second kappa shape index (κ2) is 6.13. The smallest absolute Gasteiger partial charge is 0.0762 e. The molecule has 2 aromatic carbocycles. The number of rotatable bonds is 4. The zero-order valence-corrected chi connectivity index (χ0v) is 14.3. The first kappa shape index (κ1) is 15.1. The Morgan fingerprint density at radius 2 is 1.82 bits per heavy atom. The van der Waals surface area contributed by atoms with E-state index in [1.54, 1.807) is 11.8 Å². The largest absolute Gasteiger partial charge is 0.397 e. The van der Waals surface area contributed by atoms with E-state index in [1.807, 2.05) is 0 Å². The van der Waals surface area contributed by atoms with Crippen LogP contribution in [0, 0.1) is 0 Å². The van der Waals surface area contributed by atoms with Crippen molar-refractivity contribution in [3.05, 3.63) is 35.9 Å². The summed E-state index contributed by atoms with van der Waals surface area (Å²) in [6.07, 6.45) is 0.958. The molecule has 0 unspecified atom stereocenters. The summed E-state index contributed by atoms with van der Waals surface area (Å²) in [7, 11) is 0. The minimum Gasteiger partial charge on any atom is -0.397 e. The van der Waals surface area contributed by atoms with Gasteiger partial charge in [-0.3, -0.25) is 0 Å². The van der Waals surface area contributed by atoms with Gasteiger partial charge < -0.3 is 16.0 Å². The highest BCUT2D eigenvalue weighted by Crippen LogP contribution is 2.48. The number of hydrogen-bond donors (Lipinski definition) is 2. The van der Waals surface area contributed by atoms with Gasteiger partial charge in [0.25, 0.3) is 0 Å². The van der Waals surface area contributed by atoms with Crippen LogP contribution in [0.15, 0.2) is 40.1 Å². The molecule has 0 amide bonds. The third kappa shape index (κ3) is 2.52. The maximum atomic E-state index is 6.31. The molecule has 22 heavy (non-hydrogen) atoms. The molecule has 0 saturated heterocycles. The molecule has 3 N–H and O–H groups in total. The van der Waals surface area contributed by atoms with Gasteiger partial charge in [-0.25, -0.2) is 0 Å². The summed E-state index contributed by atoms with van der Waals surface area (Å²) < 4.78 is 0. The van der Waals surface area contributed by atoms with Crippen molar-refractivity contribution >= 4 is 34.5 Å². The van der Waals surface area contributed by atoms with E-state index in [2.05, 4.69) is 61.3 Å². The fraction of sp³-hybridized carbons (Fsp3) is 0.333. The van der Waals surface area contributed by atoms with Gasteiger partial charge in [0.15, 0.2) is 0 Å². The highest BCUT2D eigenvalue weighted by atomic mass is 32.2. The Bertz CT molecular complexity index is 693. The van der Waals surface area contributed by atoms with Crippen LogP contribution in [0.4, 0.5) is 22.7 Å². The minimum atomic E-state index is 0.881. The van der Waals surface area contributed by atoms with E-state index in [0.29, 0.717) is 0 Å². The van der Waals surface area contributed by atoms with Crippen molar-refractivity contribution in [3.63, 3.8) is 0 Å². The summed E-state index contributed by atoms with van der Waals surface area (Å²) in [4.78, 5) is 4.84. The zero-order valence-electron chi connectivity index (χ0n) is 13.4. The fourth-order valence-corrected chi connectivity index (χ4v) is 3.95. The molecule has 2 aromatic rings. The third-order valence-electron chi connectivity index (χ3n) is 4.25. The first-order valence-electron chi connectivity index (χ1n) is 7.93. The predicted molar refractivity (Wildman–Crippen MR) is 97.6 cm³/mol. The van der Waals surface area contributed by atoms with Crippen LogP contribution in [0.25, 0.3) is 0 Å². The summed E-state index contributed by atoms with van der Waals surface area (Å²) in [6, 6.07) is 10.9. The number of hydrogen-bond acceptors (Lipinski definition) is 4. The lowest BCUT2D eigenvalue weighted by Gasteiger charge is -2.26.